The summed E-state index contributed by atoms with van der Waals surface area (Å²) in [7, 11) is 0. The first kappa shape index (κ1) is 15.4. The van der Waals surface area contributed by atoms with Crippen LogP contribution in [0.25, 0.3) is 0 Å². The predicted molar refractivity (Wildman–Crippen MR) is 85.9 cm³/mol. The molecular formula is C16H24N2OS. The van der Waals surface area contributed by atoms with Crippen LogP contribution in [0.3, 0.4) is 0 Å². The van der Waals surface area contributed by atoms with Crippen LogP contribution >= 0.6 is 11.8 Å². The molecule has 3 unspecified atom stereocenters. The van der Waals surface area contributed by atoms with Crippen LogP contribution in [0.1, 0.15) is 36.7 Å². The van der Waals surface area contributed by atoms with Crippen LogP contribution in [-0.4, -0.2) is 34.9 Å². The van der Waals surface area contributed by atoms with Gasteiger partial charge in [-0.3, -0.25) is 10.1 Å². The fourth-order valence-electron chi connectivity index (χ4n) is 2.71. The molecule has 2 rings (SSSR count). The second-order valence-corrected chi connectivity index (χ2v) is 6.96. The molecule has 0 saturated carbocycles. The molecule has 1 saturated heterocycles. The highest BCUT2D eigenvalue weighted by atomic mass is 32.2. The Hall–Kier alpha value is -1.00. The number of aryl methyl sites for hydroxylation is 2. The van der Waals surface area contributed by atoms with Crippen molar-refractivity contribution >= 4 is 17.7 Å². The number of thioether (sulfide) groups is 1. The minimum atomic E-state index is -0.102. The van der Waals surface area contributed by atoms with Crippen molar-refractivity contribution in [2.45, 2.75) is 45.2 Å². The van der Waals surface area contributed by atoms with E-state index in [1.54, 1.807) is 11.8 Å². The number of carbonyl (C=O) groups is 1. The van der Waals surface area contributed by atoms with E-state index < -0.39 is 0 Å². The second-order valence-electron chi connectivity index (χ2n) is 5.69. The van der Waals surface area contributed by atoms with Gasteiger partial charge in [0, 0.05) is 11.8 Å². The van der Waals surface area contributed by atoms with Crippen LogP contribution < -0.4 is 5.32 Å². The summed E-state index contributed by atoms with van der Waals surface area (Å²) in [6.07, 6.45) is 2.10. The summed E-state index contributed by atoms with van der Waals surface area (Å²) in [5, 5.41) is 3.87. The van der Waals surface area contributed by atoms with Crippen molar-refractivity contribution in [3.63, 3.8) is 0 Å². The Morgan fingerprint density at radius 1 is 1.40 bits per heavy atom. The van der Waals surface area contributed by atoms with Crippen molar-refractivity contribution < 1.29 is 4.79 Å². The highest BCUT2D eigenvalue weighted by Crippen LogP contribution is 2.29. The zero-order chi connectivity index (χ0) is 14.9. The summed E-state index contributed by atoms with van der Waals surface area (Å²) in [5.41, 5.74) is 3.71. The summed E-state index contributed by atoms with van der Waals surface area (Å²) >= 11 is 1.80. The Kier molecular flexibility index (Phi) is 4.76. The van der Waals surface area contributed by atoms with E-state index in [4.69, 9.17) is 0 Å². The zero-order valence-corrected chi connectivity index (χ0v) is 13.8. The van der Waals surface area contributed by atoms with Crippen LogP contribution in [0.5, 0.6) is 0 Å². The van der Waals surface area contributed by atoms with Gasteiger partial charge in [-0.1, -0.05) is 30.7 Å². The maximum absolute atomic E-state index is 12.4. The average Bonchev–Trinajstić information content (AvgIpc) is 2.67. The molecule has 1 fully saturated rings. The number of nitrogens with zero attached hydrogens (tertiary/aromatic N) is 1. The molecule has 110 valence electrons. The Bertz CT molecular complexity index is 503. The average molecular weight is 292 g/mol. The van der Waals surface area contributed by atoms with Crippen molar-refractivity contribution in [3.8, 4) is 0 Å². The van der Waals surface area contributed by atoms with E-state index in [1.807, 2.05) is 11.8 Å². The highest BCUT2D eigenvalue weighted by molar-refractivity contribution is 7.99. The minimum absolute atomic E-state index is 0.00713. The zero-order valence-electron chi connectivity index (χ0n) is 12.9. The number of carbonyl (C=O) groups excluding carboxylic acids is 1. The third kappa shape index (κ3) is 3.01. The molecule has 0 radical (unpaired) electrons. The second kappa shape index (κ2) is 6.19. The monoisotopic (exact) mass is 292 g/mol. The lowest BCUT2D eigenvalue weighted by Crippen LogP contribution is -2.35. The molecule has 1 aliphatic rings. The fourth-order valence-corrected chi connectivity index (χ4v) is 3.02. The molecule has 3 nitrogen and oxygen atoms in total. The van der Waals surface area contributed by atoms with Crippen LogP contribution in [0, 0.1) is 13.8 Å². The van der Waals surface area contributed by atoms with E-state index in [0.29, 0.717) is 5.25 Å². The predicted octanol–water partition coefficient (Wildman–Crippen LogP) is 2.87. The normalized spacial score (nSPS) is 24.2. The molecule has 1 aromatic carbocycles. The summed E-state index contributed by atoms with van der Waals surface area (Å²) in [5.74, 6) is 0.205. The minimum Gasteiger partial charge on any atom is -0.320 e. The maximum Gasteiger partial charge on any atom is 0.241 e. The summed E-state index contributed by atoms with van der Waals surface area (Å²) < 4.78 is 0. The van der Waals surface area contributed by atoms with Crippen molar-refractivity contribution in [2.24, 2.45) is 0 Å². The van der Waals surface area contributed by atoms with Crippen LogP contribution in [0.4, 0.5) is 0 Å². The van der Waals surface area contributed by atoms with Gasteiger partial charge in [0.15, 0.2) is 0 Å². The Morgan fingerprint density at radius 2 is 2.10 bits per heavy atom. The third-order valence-electron chi connectivity index (χ3n) is 3.95. The van der Waals surface area contributed by atoms with E-state index in [1.165, 1.54) is 16.7 Å². The lowest BCUT2D eigenvalue weighted by atomic mass is 10.0. The van der Waals surface area contributed by atoms with Crippen LogP contribution in [-0.2, 0) is 4.79 Å². The first-order chi connectivity index (χ1) is 9.43. The number of amides is 1. The van der Waals surface area contributed by atoms with Crippen molar-refractivity contribution in [1.29, 1.82) is 0 Å². The number of hydrogen-bond acceptors (Lipinski definition) is 3. The van der Waals surface area contributed by atoms with E-state index in [2.05, 4.69) is 50.5 Å². The van der Waals surface area contributed by atoms with Gasteiger partial charge >= 0.3 is 0 Å². The van der Waals surface area contributed by atoms with Gasteiger partial charge in [0.2, 0.25) is 5.91 Å². The van der Waals surface area contributed by atoms with Gasteiger partial charge in [0.1, 0.15) is 6.17 Å². The van der Waals surface area contributed by atoms with Gasteiger partial charge in [-0.05, 0) is 38.2 Å². The summed E-state index contributed by atoms with van der Waals surface area (Å²) in [6.45, 7) is 9.12. The first-order valence-corrected chi connectivity index (χ1v) is 8.39. The molecule has 4 heteroatoms. The SMILES string of the molecule is CSC(C)CN1C(=O)C(C)NC1c1ccc(C)cc1C. The number of rotatable bonds is 4. The lowest BCUT2D eigenvalue weighted by Gasteiger charge is -2.28. The molecule has 3 atom stereocenters. The maximum atomic E-state index is 12.4. The molecular weight excluding hydrogens is 268 g/mol. The van der Waals surface area contributed by atoms with E-state index in [-0.39, 0.29) is 18.1 Å². The van der Waals surface area contributed by atoms with Crippen LogP contribution in [0.15, 0.2) is 18.2 Å². The fraction of sp³-hybridized carbons (Fsp3) is 0.562. The Morgan fingerprint density at radius 3 is 2.70 bits per heavy atom. The number of benzene rings is 1. The standard InChI is InChI=1S/C16H24N2OS/c1-10-6-7-14(11(2)8-10)15-17-13(4)16(19)18(15)9-12(3)20-5/h6-8,12-13,15,17H,9H2,1-5H3. The molecule has 1 amide bonds. The molecule has 1 aliphatic heterocycles. The molecule has 1 heterocycles. The van der Waals surface area contributed by atoms with Gasteiger partial charge < -0.3 is 4.90 Å². The number of hydrogen-bond donors (Lipinski definition) is 1. The smallest absolute Gasteiger partial charge is 0.241 e. The molecule has 0 aromatic heterocycles. The van der Waals surface area contributed by atoms with Crippen molar-refractivity contribution in [2.75, 3.05) is 12.8 Å². The van der Waals surface area contributed by atoms with E-state index in [9.17, 15) is 4.79 Å². The molecule has 1 N–H and O–H groups in total. The third-order valence-corrected chi connectivity index (χ3v) is 4.90. The first-order valence-electron chi connectivity index (χ1n) is 7.10. The quantitative estimate of drug-likeness (QED) is 0.926. The van der Waals surface area contributed by atoms with Gasteiger partial charge in [0.25, 0.3) is 0 Å². The molecule has 20 heavy (non-hydrogen) atoms. The molecule has 0 bridgehead atoms. The van der Waals surface area contributed by atoms with Crippen molar-refractivity contribution in [3.05, 3.63) is 34.9 Å². The van der Waals surface area contributed by atoms with E-state index >= 15 is 0 Å². The Balaban J connectivity index is 2.30. The summed E-state index contributed by atoms with van der Waals surface area (Å²) in [6, 6.07) is 6.34. The molecule has 0 spiro atoms. The van der Waals surface area contributed by atoms with Gasteiger partial charge in [-0.15, -0.1) is 0 Å². The Labute approximate surface area is 126 Å². The topological polar surface area (TPSA) is 32.3 Å². The van der Waals surface area contributed by atoms with E-state index in [0.717, 1.165) is 6.54 Å². The highest BCUT2D eigenvalue weighted by Gasteiger charge is 2.38. The van der Waals surface area contributed by atoms with Gasteiger partial charge in [-0.25, -0.2) is 0 Å². The molecule has 1 aromatic rings. The molecule has 0 aliphatic carbocycles. The van der Waals surface area contributed by atoms with Crippen LogP contribution in [0.2, 0.25) is 0 Å². The number of nitrogens with one attached hydrogen (secondary N) is 1. The van der Waals surface area contributed by atoms with Crippen molar-refractivity contribution in [1.82, 2.24) is 10.2 Å². The largest absolute Gasteiger partial charge is 0.320 e. The summed E-state index contributed by atoms with van der Waals surface area (Å²) in [4.78, 5) is 14.4. The van der Waals surface area contributed by atoms with Gasteiger partial charge in [0.05, 0.1) is 6.04 Å². The lowest BCUT2D eigenvalue weighted by molar-refractivity contribution is -0.129. The van der Waals surface area contributed by atoms with Gasteiger partial charge in [-0.2, -0.15) is 11.8 Å².